The van der Waals surface area contributed by atoms with Crippen LogP contribution in [0.3, 0.4) is 0 Å². The van der Waals surface area contributed by atoms with Crippen molar-refractivity contribution in [1.82, 2.24) is 4.98 Å². The molecule has 0 fully saturated rings. The standard InChI is InChI=1S/C11H14ClF3N2/c1-10(2,5-6-12)17-9-4-3-8(7-16-9)11(13,14)15/h3-4,7H,5-6H2,1-2H3,(H,16,17). The zero-order valence-corrected chi connectivity index (χ0v) is 10.4. The lowest BCUT2D eigenvalue weighted by molar-refractivity contribution is -0.137. The lowest BCUT2D eigenvalue weighted by atomic mass is 10.0. The Morgan fingerprint density at radius 2 is 1.94 bits per heavy atom. The molecule has 1 aromatic rings. The van der Waals surface area contributed by atoms with Gasteiger partial charge in [0, 0.05) is 17.6 Å². The van der Waals surface area contributed by atoms with Crippen LogP contribution in [-0.2, 0) is 6.18 Å². The minimum absolute atomic E-state index is 0.297. The van der Waals surface area contributed by atoms with E-state index in [0.29, 0.717) is 18.1 Å². The van der Waals surface area contributed by atoms with Gasteiger partial charge in [0.1, 0.15) is 5.82 Å². The van der Waals surface area contributed by atoms with Crippen molar-refractivity contribution in [2.24, 2.45) is 0 Å². The molecular formula is C11H14ClF3N2. The summed E-state index contributed by atoms with van der Waals surface area (Å²) in [6.07, 6.45) is -2.84. The molecule has 0 radical (unpaired) electrons. The number of rotatable bonds is 4. The van der Waals surface area contributed by atoms with E-state index < -0.39 is 11.7 Å². The predicted molar refractivity (Wildman–Crippen MR) is 62.3 cm³/mol. The molecule has 1 aromatic heterocycles. The van der Waals surface area contributed by atoms with Crippen LogP contribution >= 0.6 is 11.6 Å². The zero-order chi connectivity index (χ0) is 13.1. The van der Waals surface area contributed by atoms with Gasteiger partial charge in [-0.3, -0.25) is 0 Å². The van der Waals surface area contributed by atoms with E-state index in [1.807, 2.05) is 13.8 Å². The van der Waals surface area contributed by atoms with Crippen LogP contribution in [-0.4, -0.2) is 16.4 Å². The second kappa shape index (κ2) is 5.12. The Hall–Kier alpha value is -0.970. The smallest absolute Gasteiger partial charge is 0.365 e. The van der Waals surface area contributed by atoms with Crippen molar-refractivity contribution in [3.8, 4) is 0 Å². The quantitative estimate of drug-likeness (QED) is 0.836. The number of nitrogens with one attached hydrogen (secondary N) is 1. The summed E-state index contributed by atoms with van der Waals surface area (Å²) in [5, 5.41) is 3.03. The summed E-state index contributed by atoms with van der Waals surface area (Å²) in [7, 11) is 0. The molecule has 17 heavy (non-hydrogen) atoms. The number of nitrogens with zero attached hydrogens (tertiary/aromatic N) is 1. The molecule has 0 saturated carbocycles. The number of aromatic nitrogens is 1. The summed E-state index contributed by atoms with van der Waals surface area (Å²) in [6, 6.07) is 2.32. The van der Waals surface area contributed by atoms with Crippen molar-refractivity contribution in [1.29, 1.82) is 0 Å². The topological polar surface area (TPSA) is 24.9 Å². The summed E-state index contributed by atoms with van der Waals surface area (Å²) >= 11 is 5.63. The molecule has 0 spiro atoms. The Kier molecular flexibility index (Phi) is 4.25. The Morgan fingerprint density at radius 1 is 1.29 bits per heavy atom. The van der Waals surface area contributed by atoms with Crippen LogP contribution in [0.2, 0.25) is 0 Å². The second-order valence-electron chi connectivity index (χ2n) is 4.38. The SMILES string of the molecule is CC(C)(CCCl)Nc1ccc(C(F)(F)F)cn1. The third kappa shape index (κ3) is 4.42. The molecule has 0 aliphatic carbocycles. The van der Waals surface area contributed by atoms with Gasteiger partial charge in [-0.05, 0) is 32.4 Å². The van der Waals surface area contributed by atoms with Gasteiger partial charge in [0.05, 0.1) is 5.56 Å². The number of hydrogen-bond acceptors (Lipinski definition) is 2. The fraction of sp³-hybridized carbons (Fsp3) is 0.545. The third-order valence-electron chi connectivity index (χ3n) is 2.28. The van der Waals surface area contributed by atoms with Crippen molar-refractivity contribution in [2.75, 3.05) is 11.2 Å². The lowest BCUT2D eigenvalue weighted by Crippen LogP contribution is -2.31. The summed E-state index contributed by atoms with van der Waals surface area (Å²) < 4.78 is 36.9. The Bertz CT molecular complexity index is 360. The number of anilines is 1. The molecule has 1 rings (SSSR count). The molecule has 0 atom stereocenters. The molecule has 2 nitrogen and oxygen atoms in total. The number of pyridine rings is 1. The van der Waals surface area contributed by atoms with Gasteiger partial charge in [0.2, 0.25) is 0 Å². The molecule has 0 aromatic carbocycles. The summed E-state index contributed by atoms with van der Waals surface area (Å²) in [6.45, 7) is 3.82. The fourth-order valence-electron chi connectivity index (χ4n) is 1.28. The number of hydrogen-bond donors (Lipinski definition) is 1. The Morgan fingerprint density at radius 3 is 2.35 bits per heavy atom. The molecule has 0 amide bonds. The van der Waals surface area contributed by atoms with Crippen molar-refractivity contribution in [2.45, 2.75) is 32.0 Å². The van der Waals surface area contributed by atoms with E-state index in [1.54, 1.807) is 0 Å². The Labute approximate surface area is 103 Å². The van der Waals surface area contributed by atoms with Crippen LogP contribution in [0.1, 0.15) is 25.8 Å². The van der Waals surface area contributed by atoms with E-state index in [1.165, 1.54) is 6.07 Å². The monoisotopic (exact) mass is 266 g/mol. The average Bonchev–Trinajstić information content (AvgIpc) is 2.16. The summed E-state index contributed by atoms with van der Waals surface area (Å²) in [5.41, 5.74) is -1.05. The molecular weight excluding hydrogens is 253 g/mol. The summed E-state index contributed by atoms with van der Waals surface area (Å²) in [5.74, 6) is 0.883. The highest BCUT2D eigenvalue weighted by molar-refractivity contribution is 6.17. The van der Waals surface area contributed by atoms with Crippen LogP contribution in [0.25, 0.3) is 0 Å². The molecule has 0 aliphatic heterocycles. The van der Waals surface area contributed by atoms with Crippen LogP contribution in [0.15, 0.2) is 18.3 Å². The van der Waals surface area contributed by atoms with Crippen LogP contribution in [0.4, 0.5) is 19.0 Å². The van der Waals surface area contributed by atoms with Crippen molar-refractivity contribution >= 4 is 17.4 Å². The molecule has 1 N–H and O–H groups in total. The summed E-state index contributed by atoms with van der Waals surface area (Å²) in [4.78, 5) is 3.74. The van der Waals surface area contributed by atoms with Crippen molar-refractivity contribution in [3.63, 3.8) is 0 Å². The molecule has 0 saturated heterocycles. The van der Waals surface area contributed by atoms with Gasteiger partial charge in [0.15, 0.2) is 0 Å². The van der Waals surface area contributed by atoms with Gasteiger partial charge in [-0.2, -0.15) is 13.2 Å². The average molecular weight is 267 g/mol. The van der Waals surface area contributed by atoms with E-state index >= 15 is 0 Å². The zero-order valence-electron chi connectivity index (χ0n) is 9.61. The number of halogens is 4. The van der Waals surface area contributed by atoms with Gasteiger partial charge in [0.25, 0.3) is 0 Å². The normalized spacial score (nSPS) is 12.6. The highest BCUT2D eigenvalue weighted by Crippen LogP contribution is 2.29. The molecule has 0 aliphatic rings. The maximum Gasteiger partial charge on any atom is 0.417 e. The predicted octanol–water partition coefficient (Wildman–Crippen LogP) is 3.92. The van der Waals surface area contributed by atoms with E-state index in [-0.39, 0.29) is 5.54 Å². The maximum absolute atomic E-state index is 12.3. The largest absolute Gasteiger partial charge is 0.417 e. The Balaban J connectivity index is 2.75. The first-order chi connectivity index (χ1) is 7.74. The first-order valence-corrected chi connectivity index (χ1v) is 5.65. The minimum Gasteiger partial charge on any atom is -0.365 e. The van der Waals surface area contributed by atoms with Crippen LogP contribution in [0, 0.1) is 0 Å². The van der Waals surface area contributed by atoms with Gasteiger partial charge in [-0.1, -0.05) is 0 Å². The van der Waals surface area contributed by atoms with Gasteiger partial charge >= 0.3 is 6.18 Å². The van der Waals surface area contributed by atoms with Gasteiger partial charge in [-0.15, -0.1) is 11.6 Å². The molecule has 6 heteroatoms. The first-order valence-electron chi connectivity index (χ1n) is 5.12. The van der Waals surface area contributed by atoms with E-state index in [2.05, 4.69) is 10.3 Å². The molecule has 0 unspecified atom stereocenters. The van der Waals surface area contributed by atoms with E-state index in [9.17, 15) is 13.2 Å². The fourth-order valence-corrected chi connectivity index (χ4v) is 1.75. The molecule has 0 bridgehead atoms. The minimum atomic E-state index is -4.35. The maximum atomic E-state index is 12.3. The third-order valence-corrected chi connectivity index (χ3v) is 2.47. The van der Waals surface area contributed by atoms with E-state index in [4.69, 9.17) is 11.6 Å². The molecule has 96 valence electrons. The van der Waals surface area contributed by atoms with Gasteiger partial charge in [-0.25, -0.2) is 4.98 Å². The van der Waals surface area contributed by atoms with Crippen molar-refractivity contribution < 1.29 is 13.2 Å². The van der Waals surface area contributed by atoms with Crippen LogP contribution in [0.5, 0.6) is 0 Å². The highest BCUT2D eigenvalue weighted by Gasteiger charge is 2.30. The van der Waals surface area contributed by atoms with Gasteiger partial charge < -0.3 is 5.32 Å². The highest BCUT2D eigenvalue weighted by atomic mass is 35.5. The van der Waals surface area contributed by atoms with Crippen LogP contribution < -0.4 is 5.32 Å². The second-order valence-corrected chi connectivity index (χ2v) is 4.76. The lowest BCUT2D eigenvalue weighted by Gasteiger charge is -2.26. The van der Waals surface area contributed by atoms with E-state index in [0.717, 1.165) is 12.3 Å². The molecule has 1 heterocycles. The van der Waals surface area contributed by atoms with Crippen molar-refractivity contribution in [3.05, 3.63) is 23.9 Å². The number of alkyl halides is 4. The first kappa shape index (κ1) is 14.1.